The lowest BCUT2D eigenvalue weighted by Gasteiger charge is -2.30. The molecule has 1 aliphatic rings. The fourth-order valence-corrected chi connectivity index (χ4v) is 2.95. The number of carbonyl (C=O) groups excluding carboxylic acids is 3. The van der Waals surface area contributed by atoms with Crippen molar-refractivity contribution >= 4 is 23.3 Å². The highest BCUT2D eigenvalue weighted by Crippen LogP contribution is 2.33. The van der Waals surface area contributed by atoms with Crippen LogP contribution in [0.2, 0.25) is 0 Å². The SMILES string of the molecule is CCC(=O)c1ccc2c(c1)N(CC(=O)N(C)Cc1ccccc1)C(=O)CO2. The van der Waals surface area contributed by atoms with Gasteiger partial charge in [0.1, 0.15) is 12.3 Å². The van der Waals surface area contributed by atoms with Gasteiger partial charge in [0.15, 0.2) is 12.4 Å². The van der Waals surface area contributed by atoms with Crippen molar-refractivity contribution < 1.29 is 19.1 Å². The molecule has 6 nitrogen and oxygen atoms in total. The monoisotopic (exact) mass is 366 g/mol. The van der Waals surface area contributed by atoms with Gasteiger partial charge in [-0.3, -0.25) is 19.3 Å². The lowest BCUT2D eigenvalue weighted by molar-refractivity contribution is -0.131. The van der Waals surface area contributed by atoms with E-state index in [0.717, 1.165) is 5.56 Å². The molecule has 0 spiro atoms. The van der Waals surface area contributed by atoms with Crippen LogP contribution in [0.4, 0.5) is 5.69 Å². The highest BCUT2D eigenvalue weighted by Gasteiger charge is 2.29. The zero-order valence-electron chi connectivity index (χ0n) is 15.5. The highest BCUT2D eigenvalue weighted by atomic mass is 16.5. The molecule has 6 heteroatoms. The fourth-order valence-electron chi connectivity index (χ4n) is 2.95. The van der Waals surface area contributed by atoms with Crippen molar-refractivity contribution in [2.45, 2.75) is 19.9 Å². The number of likely N-dealkylation sites (N-methyl/N-ethyl adjacent to an activating group) is 1. The van der Waals surface area contributed by atoms with Gasteiger partial charge in [0.05, 0.1) is 5.69 Å². The molecule has 0 unspecified atom stereocenters. The second kappa shape index (κ2) is 8.03. The molecule has 0 aliphatic carbocycles. The number of amides is 2. The van der Waals surface area contributed by atoms with E-state index in [-0.39, 0.29) is 30.7 Å². The molecule has 2 aromatic carbocycles. The van der Waals surface area contributed by atoms with Gasteiger partial charge >= 0.3 is 0 Å². The van der Waals surface area contributed by atoms with Crippen molar-refractivity contribution in [1.29, 1.82) is 0 Å². The molecule has 0 saturated carbocycles. The van der Waals surface area contributed by atoms with Crippen LogP contribution in [0.25, 0.3) is 0 Å². The third-order valence-corrected chi connectivity index (χ3v) is 4.53. The largest absolute Gasteiger partial charge is 0.482 e. The number of nitrogens with zero attached hydrogens (tertiary/aromatic N) is 2. The average molecular weight is 366 g/mol. The first-order valence-corrected chi connectivity index (χ1v) is 8.88. The molecule has 1 heterocycles. The third kappa shape index (κ3) is 4.16. The zero-order valence-corrected chi connectivity index (χ0v) is 15.5. The summed E-state index contributed by atoms with van der Waals surface area (Å²) >= 11 is 0. The van der Waals surface area contributed by atoms with Gasteiger partial charge in [-0.25, -0.2) is 0 Å². The Morgan fingerprint density at radius 2 is 1.89 bits per heavy atom. The number of hydrogen-bond acceptors (Lipinski definition) is 4. The highest BCUT2D eigenvalue weighted by molar-refractivity contribution is 6.04. The molecule has 0 saturated heterocycles. The van der Waals surface area contributed by atoms with Gasteiger partial charge in [-0.15, -0.1) is 0 Å². The quantitative estimate of drug-likeness (QED) is 0.737. The predicted molar refractivity (Wildman–Crippen MR) is 102 cm³/mol. The van der Waals surface area contributed by atoms with Crippen molar-refractivity contribution in [3.63, 3.8) is 0 Å². The number of fused-ring (bicyclic) bond motifs is 1. The Labute approximate surface area is 158 Å². The normalized spacial score (nSPS) is 13.0. The van der Waals surface area contributed by atoms with Crippen molar-refractivity contribution in [2.75, 3.05) is 25.1 Å². The summed E-state index contributed by atoms with van der Waals surface area (Å²) in [6, 6.07) is 14.6. The van der Waals surface area contributed by atoms with Crippen LogP contribution in [0.15, 0.2) is 48.5 Å². The maximum Gasteiger partial charge on any atom is 0.265 e. The summed E-state index contributed by atoms with van der Waals surface area (Å²) in [5, 5.41) is 0. The molecule has 2 amide bonds. The number of ether oxygens (including phenoxy) is 1. The van der Waals surface area contributed by atoms with Crippen molar-refractivity contribution in [1.82, 2.24) is 4.90 Å². The van der Waals surface area contributed by atoms with Crippen LogP contribution >= 0.6 is 0 Å². The van der Waals surface area contributed by atoms with E-state index in [9.17, 15) is 14.4 Å². The molecule has 3 rings (SSSR count). The molecule has 0 N–H and O–H groups in total. The molecule has 2 aromatic rings. The predicted octanol–water partition coefficient (Wildman–Crippen LogP) is 2.66. The van der Waals surface area contributed by atoms with Gasteiger partial charge in [-0.05, 0) is 23.8 Å². The van der Waals surface area contributed by atoms with E-state index in [1.54, 1.807) is 37.1 Å². The van der Waals surface area contributed by atoms with Crippen LogP contribution in [0.5, 0.6) is 5.75 Å². The Kier molecular flexibility index (Phi) is 5.54. The molecular weight excluding hydrogens is 344 g/mol. The summed E-state index contributed by atoms with van der Waals surface area (Å²) in [6.07, 6.45) is 0.367. The number of carbonyl (C=O) groups is 3. The minimum absolute atomic E-state index is 0.0247. The molecular formula is C21H22N2O4. The number of benzene rings is 2. The number of hydrogen-bond donors (Lipinski definition) is 0. The van der Waals surface area contributed by atoms with Gasteiger partial charge in [0.2, 0.25) is 5.91 Å². The number of rotatable bonds is 6. The van der Waals surface area contributed by atoms with E-state index < -0.39 is 0 Å². The summed E-state index contributed by atoms with van der Waals surface area (Å²) in [7, 11) is 1.71. The van der Waals surface area contributed by atoms with E-state index in [0.29, 0.717) is 30.0 Å². The van der Waals surface area contributed by atoms with Crippen LogP contribution < -0.4 is 9.64 Å². The molecule has 0 bridgehead atoms. The van der Waals surface area contributed by atoms with Gasteiger partial charge < -0.3 is 9.64 Å². The van der Waals surface area contributed by atoms with E-state index in [1.165, 1.54) is 4.90 Å². The molecule has 27 heavy (non-hydrogen) atoms. The summed E-state index contributed by atoms with van der Waals surface area (Å²) in [6.45, 7) is 2.02. The maximum atomic E-state index is 12.7. The lowest BCUT2D eigenvalue weighted by Crippen LogP contribution is -2.45. The Bertz CT molecular complexity index is 864. The summed E-state index contributed by atoms with van der Waals surface area (Å²) in [4.78, 5) is 40.0. The summed E-state index contributed by atoms with van der Waals surface area (Å²) in [5.74, 6) is -0.0126. The Balaban J connectivity index is 1.79. The minimum Gasteiger partial charge on any atom is -0.482 e. The zero-order chi connectivity index (χ0) is 19.4. The molecule has 0 fully saturated rings. The van der Waals surface area contributed by atoms with E-state index in [4.69, 9.17) is 4.74 Å². The first-order valence-electron chi connectivity index (χ1n) is 8.88. The minimum atomic E-state index is -0.301. The van der Waals surface area contributed by atoms with Crippen LogP contribution in [0.1, 0.15) is 29.3 Å². The van der Waals surface area contributed by atoms with Crippen molar-refractivity contribution in [2.24, 2.45) is 0 Å². The van der Waals surface area contributed by atoms with Gasteiger partial charge in [0, 0.05) is 25.6 Å². The van der Waals surface area contributed by atoms with Gasteiger partial charge in [0.25, 0.3) is 5.91 Å². The van der Waals surface area contributed by atoms with Crippen molar-refractivity contribution in [3.8, 4) is 5.75 Å². The number of anilines is 1. The van der Waals surface area contributed by atoms with E-state index >= 15 is 0 Å². The average Bonchev–Trinajstić information content (AvgIpc) is 2.69. The first kappa shape index (κ1) is 18.6. The molecule has 140 valence electrons. The Hall–Kier alpha value is -3.15. The Morgan fingerprint density at radius 1 is 1.15 bits per heavy atom. The maximum absolute atomic E-state index is 12.7. The van der Waals surface area contributed by atoms with Crippen LogP contribution in [-0.4, -0.2) is 42.7 Å². The van der Waals surface area contributed by atoms with Gasteiger partial charge in [-0.2, -0.15) is 0 Å². The molecule has 0 atom stereocenters. The number of Topliss-reactive ketones (excluding diaryl/α,β-unsaturated/α-hetero) is 1. The van der Waals surface area contributed by atoms with E-state index in [1.807, 2.05) is 30.3 Å². The molecule has 0 radical (unpaired) electrons. The third-order valence-electron chi connectivity index (χ3n) is 4.53. The van der Waals surface area contributed by atoms with Crippen LogP contribution in [0.3, 0.4) is 0 Å². The topological polar surface area (TPSA) is 66.9 Å². The Morgan fingerprint density at radius 3 is 2.59 bits per heavy atom. The van der Waals surface area contributed by atoms with Crippen molar-refractivity contribution in [3.05, 3.63) is 59.7 Å². The number of ketones is 1. The van der Waals surface area contributed by atoms with Gasteiger partial charge in [-0.1, -0.05) is 37.3 Å². The molecule has 0 aromatic heterocycles. The summed E-state index contributed by atoms with van der Waals surface area (Å²) < 4.78 is 5.44. The second-order valence-corrected chi connectivity index (χ2v) is 6.46. The first-order chi connectivity index (χ1) is 13.0. The van der Waals surface area contributed by atoms with Crippen LogP contribution in [-0.2, 0) is 16.1 Å². The fraction of sp³-hybridized carbons (Fsp3) is 0.286. The molecule has 1 aliphatic heterocycles. The van der Waals surface area contributed by atoms with Crippen LogP contribution in [0, 0.1) is 0 Å². The smallest absolute Gasteiger partial charge is 0.265 e. The summed E-state index contributed by atoms with van der Waals surface area (Å²) in [5.41, 5.74) is 1.98. The second-order valence-electron chi connectivity index (χ2n) is 6.46. The standard InChI is InChI=1S/C21H22N2O4/c1-3-18(24)16-9-10-19-17(11-16)23(21(26)14-27-19)13-20(25)22(2)12-15-7-5-4-6-8-15/h4-11H,3,12-14H2,1-2H3. The van der Waals surface area contributed by atoms with E-state index in [2.05, 4.69) is 0 Å². The lowest BCUT2D eigenvalue weighted by atomic mass is 10.1.